The average molecular weight is 555 g/mol. The van der Waals surface area contributed by atoms with Crippen molar-refractivity contribution in [1.82, 2.24) is 10.1 Å². The van der Waals surface area contributed by atoms with Crippen molar-refractivity contribution in [2.24, 2.45) is 0 Å². The lowest BCUT2D eigenvalue weighted by Crippen LogP contribution is -2.32. The molecule has 210 valence electrons. The number of carbonyl (C=O) groups is 1. The fraction of sp³-hybridized carbons (Fsp3) is 0.448. The number of sulfonamides is 1. The van der Waals surface area contributed by atoms with Crippen LogP contribution in [0.2, 0.25) is 0 Å². The van der Waals surface area contributed by atoms with E-state index in [-0.39, 0.29) is 11.7 Å². The number of benzene rings is 2. The average Bonchev–Trinajstić information content (AvgIpc) is 3.23. The Morgan fingerprint density at radius 1 is 1.00 bits per heavy atom. The number of rotatable bonds is 10. The largest absolute Gasteiger partial charge is 0.457 e. The predicted molar refractivity (Wildman–Crippen MR) is 154 cm³/mol. The molecule has 2 heterocycles. The number of carbonyl (C=O) groups excluding carboxylic acids is 1. The Morgan fingerprint density at radius 2 is 1.69 bits per heavy atom. The summed E-state index contributed by atoms with van der Waals surface area (Å²) in [6.07, 6.45) is 4.14. The third-order valence-corrected chi connectivity index (χ3v) is 8.26. The summed E-state index contributed by atoms with van der Waals surface area (Å²) in [5.41, 5.74) is 5.01. The van der Waals surface area contributed by atoms with Crippen LogP contribution in [0, 0.1) is 27.7 Å². The molecule has 1 aromatic heterocycles. The van der Waals surface area contributed by atoms with E-state index in [4.69, 9.17) is 9.26 Å². The Balaban J connectivity index is 1.56. The molecule has 0 radical (unpaired) electrons. The van der Waals surface area contributed by atoms with E-state index in [1.807, 2.05) is 45.9 Å². The Labute approximate surface area is 231 Å². The summed E-state index contributed by atoms with van der Waals surface area (Å²) in [7, 11) is -3.50. The summed E-state index contributed by atoms with van der Waals surface area (Å²) in [5.74, 6) is 1.67. The smallest absolute Gasteiger partial charge is 0.232 e. The molecule has 39 heavy (non-hydrogen) atoms. The number of likely N-dealkylation sites (tertiary alicyclic amines) is 1. The molecule has 1 aliphatic heterocycles. The van der Waals surface area contributed by atoms with Crippen LogP contribution in [0.4, 0.5) is 11.4 Å². The van der Waals surface area contributed by atoms with Gasteiger partial charge in [0.1, 0.15) is 17.3 Å². The maximum absolute atomic E-state index is 12.6. The molecule has 2 aromatic carbocycles. The number of nitrogens with one attached hydrogen (secondary N) is 2. The third-order valence-electron chi connectivity index (χ3n) is 6.95. The molecule has 2 N–H and O–H groups in total. The highest BCUT2D eigenvalue weighted by Crippen LogP contribution is 2.37. The lowest BCUT2D eigenvalue weighted by molar-refractivity contribution is -0.116. The van der Waals surface area contributed by atoms with Gasteiger partial charge in [0.2, 0.25) is 15.9 Å². The quantitative estimate of drug-likeness (QED) is 0.319. The molecule has 0 atom stereocenters. The molecular formula is C29H38N4O5S. The summed E-state index contributed by atoms with van der Waals surface area (Å²) in [6.45, 7) is 12.0. The zero-order valence-electron chi connectivity index (χ0n) is 23.4. The Morgan fingerprint density at radius 3 is 2.31 bits per heavy atom. The van der Waals surface area contributed by atoms with Crippen LogP contribution < -0.4 is 14.8 Å². The van der Waals surface area contributed by atoms with Crippen LogP contribution in [-0.2, 0) is 14.8 Å². The topological polar surface area (TPSA) is 114 Å². The molecule has 4 rings (SSSR count). The first-order valence-electron chi connectivity index (χ1n) is 13.4. The van der Waals surface area contributed by atoms with Crippen molar-refractivity contribution < 1.29 is 22.5 Å². The number of nitrogens with zero attached hydrogens (tertiary/aromatic N) is 2. The Bertz CT molecular complexity index is 1400. The second kappa shape index (κ2) is 12.2. The fourth-order valence-electron chi connectivity index (χ4n) is 4.98. The van der Waals surface area contributed by atoms with Gasteiger partial charge in [0, 0.05) is 30.3 Å². The van der Waals surface area contributed by atoms with Crippen LogP contribution in [0.1, 0.15) is 55.2 Å². The molecule has 9 nitrogen and oxygen atoms in total. The first-order chi connectivity index (χ1) is 18.5. The minimum atomic E-state index is -3.50. The van der Waals surface area contributed by atoms with Crippen LogP contribution in [0.15, 0.2) is 34.9 Å². The van der Waals surface area contributed by atoms with Gasteiger partial charge < -0.3 is 19.5 Å². The van der Waals surface area contributed by atoms with Crippen molar-refractivity contribution in [3.63, 3.8) is 0 Å². The fourth-order valence-corrected chi connectivity index (χ4v) is 5.60. The summed E-state index contributed by atoms with van der Waals surface area (Å²) in [5, 5.41) is 7.06. The van der Waals surface area contributed by atoms with Gasteiger partial charge in [0.05, 0.1) is 17.1 Å². The number of piperidine rings is 1. The van der Waals surface area contributed by atoms with Gasteiger partial charge in [-0.2, -0.15) is 0 Å². The molecular weight excluding hydrogens is 516 g/mol. The molecule has 3 aromatic rings. The minimum absolute atomic E-state index is 0.00643. The maximum atomic E-state index is 12.6. The molecule has 0 spiro atoms. The van der Waals surface area contributed by atoms with Crippen molar-refractivity contribution >= 4 is 27.3 Å². The monoisotopic (exact) mass is 554 g/mol. The summed E-state index contributed by atoms with van der Waals surface area (Å²) < 4.78 is 38.9. The number of hydrogen-bond acceptors (Lipinski definition) is 7. The van der Waals surface area contributed by atoms with E-state index in [1.165, 1.54) is 19.3 Å². The van der Waals surface area contributed by atoms with E-state index in [1.54, 1.807) is 19.1 Å². The van der Waals surface area contributed by atoms with Crippen LogP contribution in [0.3, 0.4) is 0 Å². The molecule has 1 amide bonds. The van der Waals surface area contributed by atoms with Gasteiger partial charge in [0.15, 0.2) is 0 Å². The first kappa shape index (κ1) is 28.6. The van der Waals surface area contributed by atoms with Gasteiger partial charge in [-0.3, -0.25) is 9.52 Å². The Hall–Kier alpha value is -3.37. The van der Waals surface area contributed by atoms with E-state index in [2.05, 4.69) is 20.1 Å². The van der Waals surface area contributed by atoms with Crippen LogP contribution in [0.25, 0.3) is 11.1 Å². The first-order valence-corrected chi connectivity index (χ1v) is 15.1. The molecule has 10 heteroatoms. The zero-order chi connectivity index (χ0) is 28.2. The van der Waals surface area contributed by atoms with Gasteiger partial charge in [-0.25, -0.2) is 8.42 Å². The highest BCUT2D eigenvalue weighted by molar-refractivity contribution is 7.92. The number of aryl methyl sites for hydroxylation is 4. The van der Waals surface area contributed by atoms with Crippen molar-refractivity contribution in [2.75, 3.05) is 35.4 Å². The van der Waals surface area contributed by atoms with Gasteiger partial charge in [-0.1, -0.05) is 11.6 Å². The Kier molecular flexibility index (Phi) is 8.97. The van der Waals surface area contributed by atoms with Gasteiger partial charge in [0.25, 0.3) is 0 Å². The SMILES string of the molecule is CCS(=O)(=O)Nc1cc(Oc2c(C)cc(NC(=O)CCN3CCCCC3)cc2C)cc(-c2c(C)noc2C)c1. The predicted octanol–water partition coefficient (Wildman–Crippen LogP) is 5.94. The minimum Gasteiger partial charge on any atom is -0.457 e. The standard InChI is InChI=1S/C29H38N4O5S/c1-6-39(35,36)32-25-16-23(28-21(4)31-38-22(28)5)17-26(18-25)37-29-19(2)14-24(15-20(29)3)30-27(34)10-13-33-11-8-7-9-12-33/h14-18,32H,6-13H2,1-5H3,(H,30,34). The third kappa shape index (κ3) is 7.39. The van der Waals surface area contributed by atoms with Crippen LogP contribution in [-0.4, -0.2) is 49.8 Å². The van der Waals surface area contributed by atoms with Gasteiger partial charge in [-0.15, -0.1) is 0 Å². The molecule has 1 fully saturated rings. The molecule has 0 saturated carbocycles. The van der Waals surface area contributed by atoms with E-state index < -0.39 is 10.0 Å². The highest BCUT2D eigenvalue weighted by atomic mass is 32.2. The highest BCUT2D eigenvalue weighted by Gasteiger charge is 2.18. The van der Waals surface area contributed by atoms with Crippen molar-refractivity contribution in [3.8, 4) is 22.6 Å². The van der Waals surface area contributed by atoms with Gasteiger partial charge in [-0.05, 0) is 102 Å². The van der Waals surface area contributed by atoms with Crippen LogP contribution >= 0.6 is 0 Å². The van der Waals surface area contributed by atoms with E-state index >= 15 is 0 Å². The summed E-state index contributed by atoms with van der Waals surface area (Å²) in [4.78, 5) is 14.9. The van der Waals surface area contributed by atoms with Crippen LogP contribution in [0.5, 0.6) is 11.5 Å². The number of anilines is 2. The van der Waals surface area contributed by atoms with Gasteiger partial charge >= 0.3 is 0 Å². The molecule has 0 unspecified atom stereocenters. The van der Waals surface area contributed by atoms with E-state index in [0.717, 1.165) is 47.6 Å². The van der Waals surface area contributed by atoms with E-state index in [9.17, 15) is 13.2 Å². The number of hydrogen-bond donors (Lipinski definition) is 2. The van der Waals surface area contributed by atoms with Crippen molar-refractivity contribution in [2.45, 2.75) is 60.3 Å². The second-order valence-corrected chi connectivity index (χ2v) is 12.2. The molecule has 1 aliphatic rings. The lowest BCUT2D eigenvalue weighted by atomic mass is 10.0. The second-order valence-electron chi connectivity index (χ2n) is 10.2. The lowest BCUT2D eigenvalue weighted by Gasteiger charge is -2.26. The molecule has 0 bridgehead atoms. The van der Waals surface area contributed by atoms with Crippen molar-refractivity contribution in [1.29, 1.82) is 0 Å². The number of ether oxygens (including phenoxy) is 1. The molecule has 1 saturated heterocycles. The van der Waals surface area contributed by atoms with E-state index in [0.29, 0.717) is 35.1 Å². The summed E-state index contributed by atoms with van der Waals surface area (Å²) >= 11 is 0. The normalized spacial score (nSPS) is 14.3. The summed E-state index contributed by atoms with van der Waals surface area (Å²) in [6, 6.07) is 9.02. The van der Waals surface area contributed by atoms with Crippen molar-refractivity contribution in [3.05, 3.63) is 52.9 Å². The number of amides is 1. The molecule has 0 aliphatic carbocycles. The number of aromatic nitrogens is 1. The zero-order valence-corrected chi connectivity index (χ0v) is 24.2. The maximum Gasteiger partial charge on any atom is 0.232 e.